The van der Waals surface area contributed by atoms with E-state index in [1.165, 1.54) is 24.3 Å². The van der Waals surface area contributed by atoms with Crippen LogP contribution in [0, 0.1) is 18.6 Å². The van der Waals surface area contributed by atoms with Crippen LogP contribution in [0.5, 0.6) is 0 Å². The summed E-state index contributed by atoms with van der Waals surface area (Å²) in [5, 5.41) is 2.55. The maximum absolute atomic E-state index is 15.6. The molecule has 1 atom stereocenters. The average molecular weight is 507 g/mol. The van der Waals surface area contributed by atoms with Gasteiger partial charge < -0.3 is 15.1 Å². The Morgan fingerprint density at radius 3 is 2.65 bits per heavy atom. The zero-order chi connectivity index (χ0) is 26.5. The van der Waals surface area contributed by atoms with Gasteiger partial charge in [0.05, 0.1) is 16.9 Å². The lowest BCUT2D eigenvalue weighted by molar-refractivity contribution is -0.120. The summed E-state index contributed by atoms with van der Waals surface area (Å²) in [6.07, 6.45) is 3.57. The number of aromatic nitrogens is 2. The Balaban J connectivity index is 1.95. The second kappa shape index (κ2) is 11.2. The number of pyridine rings is 2. The summed E-state index contributed by atoms with van der Waals surface area (Å²) in [6.45, 7) is 7.13. The zero-order valence-corrected chi connectivity index (χ0v) is 20.9. The first kappa shape index (κ1) is 25.9. The van der Waals surface area contributed by atoms with Crippen LogP contribution in [0.3, 0.4) is 0 Å². The lowest BCUT2D eigenvalue weighted by atomic mass is 10.1. The molecule has 1 fully saturated rings. The van der Waals surface area contributed by atoms with E-state index in [9.17, 15) is 14.0 Å². The summed E-state index contributed by atoms with van der Waals surface area (Å²) in [6, 6.07) is 8.62. The molecule has 0 aliphatic carbocycles. The second-order valence-corrected chi connectivity index (χ2v) is 8.81. The van der Waals surface area contributed by atoms with E-state index in [1.807, 2.05) is 31.7 Å². The molecule has 8 nitrogen and oxygen atoms in total. The molecule has 3 heterocycles. The van der Waals surface area contributed by atoms with Gasteiger partial charge in [-0.05, 0) is 50.1 Å². The number of rotatable bonds is 7. The smallest absolute Gasteiger partial charge is 0.212 e. The lowest BCUT2D eigenvalue weighted by Gasteiger charge is -2.40. The average Bonchev–Trinajstić information content (AvgIpc) is 2.89. The number of hydrogen-bond donors (Lipinski definition) is 1. The minimum atomic E-state index is -0.762. The van der Waals surface area contributed by atoms with Crippen molar-refractivity contribution in [3.05, 3.63) is 71.1 Å². The molecule has 37 heavy (non-hydrogen) atoms. The number of carbonyl (C=O) groups is 2. The summed E-state index contributed by atoms with van der Waals surface area (Å²) in [4.78, 5) is 40.3. The Labute approximate surface area is 214 Å². The van der Waals surface area contributed by atoms with Gasteiger partial charge in [0, 0.05) is 37.4 Å². The van der Waals surface area contributed by atoms with E-state index in [4.69, 9.17) is 4.99 Å². The first-order valence-corrected chi connectivity index (χ1v) is 12.0. The quantitative estimate of drug-likeness (QED) is 0.296. The predicted molar refractivity (Wildman–Crippen MR) is 138 cm³/mol. The minimum absolute atomic E-state index is 0.0247. The third-order valence-corrected chi connectivity index (χ3v) is 6.38. The molecule has 4 rings (SSSR count). The fourth-order valence-corrected chi connectivity index (χ4v) is 4.47. The van der Waals surface area contributed by atoms with Crippen molar-refractivity contribution < 1.29 is 18.4 Å². The highest BCUT2D eigenvalue weighted by Gasteiger charge is 2.30. The number of nitrogens with one attached hydrogen (secondary N) is 1. The maximum Gasteiger partial charge on any atom is 0.212 e. The Morgan fingerprint density at radius 1 is 1.19 bits per heavy atom. The van der Waals surface area contributed by atoms with Crippen molar-refractivity contribution in [2.45, 2.75) is 33.2 Å². The molecule has 0 saturated carbocycles. The van der Waals surface area contributed by atoms with Crippen molar-refractivity contribution in [1.29, 1.82) is 0 Å². The zero-order valence-electron chi connectivity index (χ0n) is 20.9. The highest BCUT2D eigenvalue weighted by atomic mass is 19.1. The van der Waals surface area contributed by atoms with Crippen molar-refractivity contribution in [3.63, 3.8) is 0 Å². The van der Waals surface area contributed by atoms with Crippen LogP contribution in [0.15, 0.2) is 47.6 Å². The first-order valence-electron chi connectivity index (χ1n) is 12.0. The number of piperazine rings is 1. The largest absolute Gasteiger partial charge is 0.350 e. The van der Waals surface area contributed by atoms with E-state index in [0.29, 0.717) is 44.0 Å². The number of amides is 2. The highest BCUT2D eigenvalue weighted by molar-refractivity contribution is 6.06. The third kappa shape index (κ3) is 5.32. The number of anilines is 1. The molecule has 3 aromatic rings. The van der Waals surface area contributed by atoms with Gasteiger partial charge in [-0.1, -0.05) is 19.1 Å². The van der Waals surface area contributed by atoms with E-state index in [0.717, 1.165) is 17.7 Å². The number of amidine groups is 1. The van der Waals surface area contributed by atoms with Gasteiger partial charge in [0.15, 0.2) is 0 Å². The van der Waals surface area contributed by atoms with E-state index in [2.05, 4.69) is 15.3 Å². The van der Waals surface area contributed by atoms with Gasteiger partial charge in [-0.2, -0.15) is 0 Å². The van der Waals surface area contributed by atoms with Crippen LogP contribution in [0.25, 0.3) is 11.3 Å². The molecule has 0 spiro atoms. The van der Waals surface area contributed by atoms with Crippen LogP contribution in [-0.4, -0.2) is 64.1 Å². The van der Waals surface area contributed by atoms with Crippen LogP contribution in [0.1, 0.15) is 30.7 Å². The highest BCUT2D eigenvalue weighted by Crippen LogP contribution is 2.31. The molecule has 1 aliphatic heterocycles. The fourth-order valence-electron chi connectivity index (χ4n) is 4.47. The molecule has 2 aromatic heterocycles. The summed E-state index contributed by atoms with van der Waals surface area (Å²) >= 11 is 0. The molecule has 1 aromatic carbocycles. The van der Waals surface area contributed by atoms with E-state index < -0.39 is 11.6 Å². The normalized spacial score (nSPS) is 16.0. The molecular formula is C27H28F2N6O2. The van der Waals surface area contributed by atoms with Gasteiger partial charge in [0.25, 0.3) is 0 Å². The standard InChI is InChI=1S/C27H28F2N6O2/c1-4-23-24(17(2)9-10-30-23)33-27(35-12-11-34(16-37)14-18(35)3)20-13-22(29)25(32-26(20)31-15-36)19-7-5-6-8-21(19)28/h5-10,13,15-16,18H,4,11-12,14H2,1-3H3,(H,31,32,36)/b33-27+. The summed E-state index contributed by atoms with van der Waals surface area (Å²) < 4.78 is 30.0. The number of hydrogen-bond acceptors (Lipinski definition) is 5. The van der Waals surface area contributed by atoms with Gasteiger partial charge in [-0.25, -0.2) is 18.8 Å². The topological polar surface area (TPSA) is 90.8 Å². The number of aryl methyl sites for hydroxylation is 2. The molecular weight excluding hydrogens is 478 g/mol. The summed E-state index contributed by atoms with van der Waals surface area (Å²) in [5.41, 5.74) is 2.27. The summed E-state index contributed by atoms with van der Waals surface area (Å²) in [7, 11) is 0. The monoisotopic (exact) mass is 506 g/mol. The number of benzene rings is 1. The van der Waals surface area contributed by atoms with Crippen LogP contribution in [0.2, 0.25) is 0 Å². The van der Waals surface area contributed by atoms with Crippen molar-refractivity contribution in [2.75, 3.05) is 25.0 Å². The van der Waals surface area contributed by atoms with Crippen LogP contribution in [-0.2, 0) is 16.0 Å². The van der Waals surface area contributed by atoms with Gasteiger partial charge in [-0.15, -0.1) is 0 Å². The Morgan fingerprint density at radius 2 is 1.97 bits per heavy atom. The van der Waals surface area contributed by atoms with Crippen molar-refractivity contribution in [2.24, 2.45) is 4.99 Å². The minimum Gasteiger partial charge on any atom is -0.350 e. The van der Waals surface area contributed by atoms with Gasteiger partial charge in [0.2, 0.25) is 12.8 Å². The number of carbonyl (C=O) groups excluding carboxylic acids is 2. The molecule has 0 radical (unpaired) electrons. The van der Waals surface area contributed by atoms with Gasteiger partial charge in [0.1, 0.15) is 29.0 Å². The second-order valence-electron chi connectivity index (χ2n) is 8.81. The van der Waals surface area contributed by atoms with Crippen molar-refractivity contribution in [3.8, 4) is 11.3 Å². The first-order chi connectivity index (χ1) is 17.9. The third-order valence-electron chi connectivity index (χ3n) is 6.38. The van der Waals surface area contributed by atoms with Crippen molar-refractivity contribution >= 4 is 30.2 Å². The number of nitrogens with zero attached hydrogens (tertiary/aromatic N) is 5. The SMILES string of the molecule is CCc1nccc(C)c1/N=C(\c1cc(F)c(-c2ccccc2F)nc1NC=O)N1CCN(C=O)CC1C. The fraction of sp³-hybridized carbons (Fsp3) is 0.296. The van der Waals surface area contributed by atoms with E-state index in [-0.39, 0.29) is 28.7 Å². The molecule has 1 unspecified atom stereocenters. The van der Waals surface area contributed by atoms with E-state index in [1.54, 1.807) is 17.2 Å². The Hall–Kier alpha value is -4.21. The number of halogens is 2. The maximum atomic E-state index is 15.6. The Bertz CT molecular complexity index is 1350. The lowest BCUT2D eigenvalue weighted by Crippen LogP contribution is -2.53. The molecule has 0 bridgehead atoms. The molecule has 192 valence electrons. The predicted octanol–water partition coefficient (Wildman–Crippen LogP) is 4.10. The molecule has 1 saturated heterocycles. The van der Waals surface area contributed by atoms with Gasteiger partial charge >= 0.3 is 0 Å². The van der Waals surface area contributed by atoms with E-state index >= 15 is 4.39 Å². The van der Waals surface area contributed by atoms with Crippen LogP contribution in [0.4, 0.5) is 20.3 Å². The molecule has 1 N–H and O–H groups in total. The van der Waals surface area contributed by atoms with Gasteiger partial charge in [-0.3, -0.25) is 14.6 Å². The molecule has 10 heteroatoms. The summed E-state index contributed by atoms with van der Waals surface area (Å²) in [5.74, 6) is -0.982. The molecule has 2 amide bonds. The molecule has 1 aliphatic rings. The van der Waals surface area contributed by atoms with Crippen LogP contribution >= 0.6 is 0 Å². The number of aliphatic imine (C=N–C) groups is 1. The van der Waals surface area contributed by atoms with Crippen molar-refractivity contribution in [1.82, 2.24) is 19.8 Å². The van der Waals surface area contributed by atoms with Crippen LogP contribution < -0.4 is 5.32 Å². The Kier molecular flexibility index (Phi) is 7.86.